The van der Waals surface area contributed by atoms with Crippen molar-refractivity contribution in [1.29, 1.82) is 0 Å². The van der Waals surface area contributed by atoms with Gasteiger partial charge in [-0.15, -0.1) is 0 Å². The quantitative estimate of drug-likeness (QED) is 0.533. The predicted octanol–water partition coefficient (Wildman–Crippen LogP) is 5.45. The molecular formula is C24H34O4. The van der Waals surface area contributed by atoms with Crippen molar-refractivity contribution in [2.45, 2.75) is 84.2 Å². The molecule has 0 bridgehead atoms. The Morgan fingerprint density at radius 2 is 1.86 bits per heavy atom. The minimum Gasteiger partial charge on any atom is -0.504 e. The summed E-state index contributed by atoms with van der Waals surface area (Å²) >= 11 is 0. The van der Waals surface area contributed by atoms with E-state index in [4.69, 9.17) is 4.74 Å². The van der Waals surface area contributed by atoms with Crippen LogP contribution in [-0.2, 0) is 20.5 Å². The Kier molecular flexibility index (Phi) is 4.94. The number of phenols is 2. The average molecular weight is 387 g/mol. The van der Waals surface area contributed by atoms with Crippen molar-refractivity contribution in [1.82, 2.24) is 0 Å². The van der Waals surface area contributed by atoms with E-state index in [0.29, 0.717) is 12.0 Å². The summed E-state index contributed by atoms with van der Waals surface area (Å²) < 4.78 is 5.58. The van der Waals surface area contributed by atoms with Crippen molar-refractivity contribution in [2.75, 3.05) is 7.11 Å². The minimum atomic E-state index is -0.756. The van der Waals surface area contributed by atoms with Crippen LogP contribution in [0.25, 0.3) is 0 Å². The topological polar surface area (TPSA) is 66.8 Å². The van der Waals surface area contributed by atoms with Crippen molar-refractivity contribution in [3.63, 3.8) is 0 Å². The highest BCUT2D eigenvalue weighted by Gasteiger charge is 2.49. The van der Waals surface area contributed by atoms with Crippen molar-refractivity contribution in [3.05, 3.63) is 34.4 Å². The molecule has 0 heterocycles. The number of hydrogen-bond acceptors (Lipinski definition) is 4. The first-order valence-electron chi connectivity index (χ1n) is 10.2. The number of ketones is 1. The standard InChI is InChI=1S/C24H34O4/c1-14(25)11-15-12-18-22(2,3)9-8-10-24(18,6)19-16(15)13-17(20(26)21(19)27)23(4,5)28-7/h12-13,15,26-27H,8-11H2,1-7H3. The fourth-order valence-corrected chi connectivity index (χ4v) is 5.46. The van der Waals surface area contributed by atoms with Crippen LogP contribution in [0.3, 0.4) is 0 Å². The molecule has 2 atom stereocenters. The third kappa shape index (κ3) is 3.06. The molecule has 1 aromatic carbocycles. The van der Waals surface area contributed by atoms with E-state index in [1.54, 1.807) is 14.0 Å². The number of phenolic OH excluding ortho intramolecular Hbond substituents is 2. The number of aromatic hydroxyl groups is 2. The van der Waals surface area contributed by atoms with Crippen LogP contribution in [0.1, 0.15) is 89.8 Å². The van der Waals surface area contributed by atoms with E-state index in [1.807, 2.05) is 19.9 Å². The Morgan fingerprint density at radius 1 is 1.21 bits per heavy atom. The molecular weight excluding hydrogens is 352 g/mol. The van der Waals surface area contributed by atoms with Crippen molar-refractivity contribution in [3.8, 4) is 11.5 Å². The third-order valence-corrected chi connectivity index (χ3v) is 7.09. The molecule has 1 saturated carbocycles. The number of rotatable bonds is 4. The molecule has 154 valence electrons. The van der Waals surface area contributed by atoms with E-state index in [0.717, 1.165) is 30.4 Å². The van der Waals surface area contributed by atoms with Gasteiger partial charge in [0.05, 0.1) is 5.60 Å². The maximum atomic E-state index is 12.0. The van der Waals surface area contributed by atoms with Crippen LogP contribution in [0, 0.1) is 5.41 Å². The molecule has 0 aliphatic heterocycles. The van der Waals surface area contributed by atoms with Gasteiger partial charge in [0.2, 0.25) is 0 Å². The maximum Gasteiger partial charge on any atom is 0.163 e. The van der Waals surface area contributed by atoms with E-state index in [-0.39, 0.29) is 34.0 Å². The lowest BCUT2D eigenvalue weighted by molar-refractivity contribution is -0.117. The average Bonchev–Trinajstić information content (AvgIpc) is 2.58. The number of benzene rings is 1. The normalized spacial score (nSPS) is 26.2. The molecule has 2 unspecified atom stereocenters. The Morgan fingerprint density at radius 3 is 2.43 bits per heavy atom. The molecule has 28 heavy (non-hydrogen) atoms. The number of allylic oxidation sites excluding steroid dienone is 2. The molecule has 2 aliphatic carbocycles. The SMILES string of the molecule is COC(C)(C)c1cc2c(c(O)c1O)C1(C)CCCC(C)(C)C1=CC2CC(C)=O. The molecule has 4 nitrogen and oxygen atoms in total. The van der Waals surface area contributed by atoms with Gasteiger partial charge in [-0.2, -0.15) is 0 Å². The molecule has 0 saturated heterocycles. The lowest BCUT2D eigenvalue weighted by Crippen LogP contribution is -2.41. The first-order chi connectivity index (χ1) is 12.8. The second-order valence-electron chi connectivity index (χ2n) is 9.96. The van der Waals surface area contributed by atoms with Gasteiger partial charge in [-0.3, -0.25) is 4.79 Å². The molecule has 0 radical (unpaired) electrons. The van der Waals surface area contributed by atoms with Gasteiger partial charge in [-0.1, -0.05) is 38.8 Å². The van der Waals surface area contributed by atoms with Crippen LogP contribution in [-0.4, -0.2) is 23.1 Å². The van der Waals surface area contributed by atoms with E-state index < -0.39 is 5.60 Å². The summed E-state index contributed by atoms with van der Waals surface area (Å²) in [7, 11) is 1.59. The number of fused-ring (bicyclic) bond motifs is 3. The van der Waals surface area contributed by atoms with Gasteiger partial charge in [0.1, 0.15) is 5.78 Å². The van der Waals surface area contributed by atoms with Crippen LogP contribution in [0.15, 0.2) is 17.7 Å². The number of carbonyl (C=O) groups excluding carboxylic acids is 1. The van der Waals surface area contributed by atoms with Gasteiger partial charge in [0.25, 0.3) is 0 Å². The summed E-state index contributed by atoms with van der Waals surface area (Å²) in [4.78, 5) is 12.0. The molecule has 0 spiro atoms. The van der Waals surface area contributed by atoms with E-state index in [1.165, 1.54) is 5.57 Å². The number of carbonyl (C=O) groups is 1. The van der Waals surface area contributed by atoms with Gasteiger partial charge in [-0.05, 0) is 50.7 Å². The van der Waals surface area contributed by atoms with Gasteiger partial charge < -0.3 is 14.9 Å². The molecule has 1 aromatic rings. The van der Waals surface area contributed by atoms with Gasteiger partial charge >= 0.3 is 0 Å². The summed E-state index contributed by atoms with van der Waals surface area (Å²) in [5.41, 5.74) is 2.45. The summed E-state index contributed by atoms with van der Waals surface area (Å²) in [5.74, 6) is -0.161. The van der Waals surface area contributed by atoms with Crippen molar-refractivity contribution < 1.29 is 19.7 Å². The molecule has 3 rings (SSSR count). The van der Waals surface area contributed by atoms with Crippen LogP contribution in [0.5, 0.6) is 11.5 Å². The smallest absolute Gasteiger partial charge is 0.163 e. The monoisotopic (exact) mass is 386 g/mol. The van der Waals surface area contributed by atoms with Crippen LogP contribution in [0.4, 0.5) is 0 Å². The minimum absolute atomic E-state index is 0.00768. The fraction of sp³-hybridized carbons (Fsp3) is 0.625. The highest BCUT2D eigenvalue weighted by molar-refractivity contribution is 5.78. The molecule has 1 fully saturated rings. The number of hydrogen-bond donors (Lipinski definition) is 2. The van der Waals surface area contributed by atoms with E-state index >= 15 is 0 Å². The zero-order valence-electron chi connectivity index (χ0n) is 18.3. The first kappa shape index (κ1) is 20.9. The molecule has 0 amide bonds. The molecule has 2 aliphatic rings. The number of methoxy groups -OCH3 is 1. The Labute approximate surface area is 168 Å². The lowest BCUT2D eigenvalue weighted by atomic mass is 9.53. The summed E-state index contributed by atoms with van der Waals surface area (Å²) in [6.07, 6.45) is 5.71. The first-order valence-corrected chi connectivity index (χ1v) is 10.2. The van der Waals surface area contributed by atoms with Crippen molar-refractivity contribution in [2.24, 2.45) is 5.41 Å². The zero-order chi connectivity index (χ0) is 21.1. The third-order valence-electron chi connectivity index (χ3n) is 7.09. The number of ether oxygens (including phenoxy) is 1. The van der Waals surface area contributed by atoms with Crippen molar-refractivity contribution >= 4 is 5.78 Å². The van der Waals surface area contributed by atoms with Gasteiger partial charge in [-0.25, -0.2) is 0 Å². The molecule has 4 heteroatoms. The molecule has 0 aromatic heterocycles. The number of Topliss-reactive ketones (excluding diaryl/α,β-unsaturated/α-hetero) is 1. The zero-order valence-corrected chi connectivity index (χ0v) is 18.3. The van der Waals surface area contributed by atoms with Crippen LogP contribution >= 0.6 is 0 Å². The summed E-state index contributed by atoms with van der Waals surface area (Å²) in [5, 5.41) is 22.1. The Balaban J connectivity index is 2.34. The molecule has 2 N–H and O–H groups in total. The van der Waals surface area contributed by atoms with E-state index in [9.17, 15) is 15.0 Å². The Hall–Kier alpha value is -1.81. The largest absolute Gasteiger partial charge is 0.504 e. The Bertz CT molecular complexity index is 847. The van der Waals surface area contributed by atoms with E-state index in [2.05, 4.69) is 26.8 Å². The van der Waals surface area contributed by atoms with Gasteiger partial charge in [0, 0.05) is 36.0 Å². The highest BCUT2D eigenvalue weighted by atomic mass is 16.5. The second-order valence-corrected chi connectivity index (χ2v) is 9.96. The predicted molar refractivity (Wildman–Crippen MR) is 111 cm³/mol. The van der Waals surface area contributed by atoms with Crippen LogP contribution in [0.2, 0.25) is 0 Å². The van der Waals surface area contributed by atoms with Gasteiger partial charge in [0.15, 0.2) is 11.5 Å². The second kappa shape index (κ2) is 6.62. The summed E-state index contributed by atoms with van der Waals surface area (Å²) in [6.45, 7) is 12.0. The summed E-state index contributed by atoms with van der Waals surface area (Å²) in [6, 6.07) is 1.95. The van der Waals surface area contributed by atoms with Crippen LogP contribution < -0.4 is 0 Å². The highest BCUT2D eigenvalue weighted by Crippen LogP contribution is 2.60. The maximum absolute atomic E-state index is 12.0. The lowest BCUT2D eigenvalue weighted by Gasteiger charge is -2.51. The fourth-order valence-electron chi connectivity index (χ4n) is 5.46.